The van der Waals surface area contributed by atoms with Crippen LogP contribution in [-0.4, -0.2) is 33.1 Å². The number of ketones is 1. The minimum atomic E-state index is 0.00843. The second-order valence-electron chi connectivity index (χ2n) is 4.71. The summed E-state index contributed by atoms with van der Waals surface area (Å²) >= 11 is 1.36. The van der Waals surface area contributed by atoms with E-state index >= 15 is 0 Å². The van der Waals surface area contributed by atoms with Crippen molar-refractivity contribution < 1.29 is 14.3 Å². The Kier molecular flexibility index (Phi) is 4.15. The van der Waals surface area contributed by atoms with Crippen LogP contribution in [0.3, 0.4) is 0 Å². The van der Waals surface area contributed by atoms with Crippen molar-refractivity contribution in [3.63, 3.8) is 0 Å². The first-order chi connectivity index (χ1) is 10.7. The number of thioether (sulfide) groups is 1. The number of fused-ring (bicyclic) bond motifs is 1. The Bertz CT molecular complexity index is 727. The van der Waals surface area contributed by atoms with Crippen molar-refractivity contribution in [2.24, 2.45) is 0 Å². The fourth-order valence-corrected chi connectivity index (χ4v) is 2.98. The van der Waals surface area contributed by atoms with Crippen LogP contribution in [-0.2, 0) is 6.54 Å². The van der Waals surface area contributed by atoms with Crippen molar-refractivity contribution in [3.8, 4) is 11.5 Å². The van der Waals surface area contributed by atoms with E-state index in [0.717, 1.165) is 5.82 Å². The first-order valence-electron chi connectivity index (χ1n) is 6.75. The Morgan fingerprint density at radius 1 is 1.41 bits per heavy atom. The Hall–Kier alpha value is -2.28. The van der Waals surface area contributed by atoms with E-state index in [1.807, 2.05) is 11.5 Å². The Labute approximate surface area is 132 Å². The van der Waals surface area contributed by atoms with Crippen molar-refractivity contribution in [2.45, 2.75) is 18.6 Å². The zero-order chi connectivity index (χ0) is 15.5. The molecule has 0 saturated carbocycles. The summed E-state index contributed by atoms with van der Waals surface area (Å²) in [4.78, 5) is 12.3. The highest BCUT2D eigenvalue weighted by Crippen LogP contribution is 2.33. The van der Waals surface area contributed by atoms with Gasteiger partial charge in [0.2, 0.25) is 6.79 Å². The van der Waals surface area contributed by atoms with Gasteiger partial charge in [-0.05, 0) is 25.1 Å². The summed E-state index contributed by atoms with van der Waals surface area (Å²) in [5, 5.41) is 8.83. The van der Waals surface area contributed by atoms with Gasteiger partial charge in [0.25, 0.3) is 0 Å². The van der Waals surface area contributed by atoms with Gasteiger partial charge in [0, 0.05) is 12.1 Å². The fourth-order valence-electron chi connectivity index (χ4n) is 2.09. The van der Waals surface area contributed by atoms with Gasteiger partial charge >= 0.3 is 0 Å². The van der Waals surface area contributed by atoms with E-state index in [4.69, 9.17) is 9.47 Å². The molecule has 0 unspecified atom stereocenters. The molecule has 114 valence electrons. The van der Waals surface area contributed by atoms with Crippen molar-refractivity contribution in [1.29, 1.82) is 0 Å². The maximum absolute atomic E-state index is 12.3. The molecule has 7 heteroatoms. The van der Waals surface area contributed by atoms with E-state index in [9.17, 15) is 4.79 Å². The summed E-state index contributed by atoms with van der Waals surface area (Å²) in [6, 6.07) is 5.21. The molecule has 22 heavy (non-hydrogen) atoms. The number of aromatic nitrogens is 3. The second-order valence-corrected chi connectivity index (χ2v) is 5.65. The van der Waals surface area contributed by atoms with Crippen LogP contribution in [0.2, 0.25) is 0 Å². The molecule has 3 rings (SSSR count). The maximum Gasteiger partial charge on any atom is 0.231 e. The summed E-state index contributed by atoms with van der Waals surface area (Å²) in [6.45, 7) is 6.42. The van der Waals surface area contributed by atoms with Crippen molar-refractivity contribution in [2.75, 3.05) is 12.5 Å². The molecular weight excluding hydrogens is 302 g/mol. The molecule has 0 N–H and O–H groups in total. The number of benzene rings is 1. The van der Waals surface area contributed by atoms with Gasteiger partial charge in [-0.2, -0.15) is 0 Å². The molecule has 1 aromatic heterocycles. The lowest BCUT2D eigenvalue weighted by Crippen LogP contribution is -2.05. The Morgan fingerprint density at radius 3 is 3.05 bits per heavy atom. The lowest BCUT2D eigenvalue weighted by atomic mass is 10.1. The van der Waals surface area contributed by atoms with Crippen molar-refractivity contribution in [1.82, 2.24) is 14.8 Å². The largest absolute Gasteiger partial charge is 0.454 e. The molecule has 0 aliphatic carbocycles. The van der Waals surface area contributed by atoms with Gasteiger partial charge < -0.3 is 14.0 Å². The Morgan fingerprint density at radius 2 is 2.23 bits per heavy atom. The summed E-state index contributed by atoms with van der Waals surface area (Å²) in [6.07, 6.45) is 1.78. The van der Waals surface area contributed by atoms with E-state index < -0.39 is 0 Å². The fraction of sp³-hybridized carbons (Fsp3) is 0.267. The van der Waals surface area contributed by atoms with Gasteiger partial charge in [-0.25, -0.2) is 0 Å². The molecule has 0 atom stereocenters. The number of nitrogens with zero attached hydrogens (tertiary/aromatic N) is 3. The number of allylic oxidation sites excluding steroid dienone is 1. The van der Waals surface area contributed by atoms with E-state index in [1.54, 1.807) is 24.3 Å². The van der Waals surface area contributed by atoms with Crippen LogP contribution in [0.25, 0.3) is 0 Å². The number of aryl methyl sites for hydroxylation is 1. The topological polar surface area (TPSA) is 66.2 Å². The highest BCUT2D eigenvalue weighted by Gasteiger charge is 2.17. The molecule has 0 spiro atoms. The first-order valence-corrected chi connectivity index (χ1v) is 7.74. The predicted octanol–water partition coefficient (Wildman–Crippen LogP) is 2.48. The van der Waals surface area contributed by atoms with Crippen LogP contribution in [0, 0.1) is 6.92 Å². The molecule has 1 aliphatic heterocycles. The number of carbonyl (C=O) groups excluding carboxylic acids is 1. The third-order valence-corrected chi connectivity index (χ3v) is 4.21. The van der Waals surface area contributed by atoms with Gasteiger partial charge in [0.1, 0.15) is 5.82 Å². The van der Waals surface area contributed by atoms with Gasteiger partial charge in [-0.3, -0.25) is 4.79 Å². The molecule has 0 amide bonds. The second kappa shape index (κ2) is 6.23. The standard InChI is InChI=1S/C15H15N3O3S/c1-3-6-18-10(2)16-17-15(18)22-8-12(19)11-4-5-13-14(7-11)21-9-20-13/h3-5,7H,1,6,8-9H2,2H3. The molecule has 0 saturated heterocycles. The van der Waals surface area contributed by atoms with Crippen LogP contribution in [0.4, 0.5) is 0 Å². The molecule has 2 heterocycles. The first kappa shape index (κ1) is 14.6. The van der Waals surface area contributed by atoms with Gasteiger partial charge in [0.15, 0.2) is 22.4 Å². The van der Waals surface area contributed by atoms with Gasteiger partial charge in [-0.15, -0.1) is 16.8 Å². The lowest BCUT2D eigenvalue weighted by Gasteiger charge is -2.05. The van der Waals surface area contributed by atoms with Crippen LogP contribution >= 0.6 is 11.8 Å². The molecule has 6 nitrogen and oxygen atoms in total. The summed E-state index contributed by atoms with van der Waals surface area (Å²) in [7, 11) is 0. The van der Waals surface area contributed by atoms with Gasteiger partial charge in [0.05, 0.1) is 5.75 Å². The van der Waals surface area contributed by atoms with Crippen LogP contribution < -0.4 is 9.47 Å². The smallest absolute Gasteiger partial charge is 0.231 e. The molecule has 0 fully saturated rings. The number of hydrogen-bond donors (Lipinski definition) is 0. The number of carbonyl (C=O) groups is 1. The average molecular weight is 317 g/mol. The highest BCUT2D eigenvalue weighted by molar-refractivity contribution is 7.99. The number of hydrogen-bond acceptors (Lipinski definition) is 6. The molecule has 2 aromatic rings. The maximum atomic E-state index is 12.3. The number of ether oxygens (including phenoxy) is 2. The third-order valence-electron chi connectivity index (χ3n) is 3.24. The van der Waals surface area contributed by atoms with E-state index in [-0.39, 0.29) is 18.3 Å². The monoisotopic (exact) mass is 317 g/mol. The van der Waals surface area contributed by atoms with Crippen LogP contribution in [0.15, 0.2) is 36.0 Å². The molecule has 1 aliphatic rings. The van der Waals surface area contributed by atoms with Crippen molar-refractivity contribution >= 4 is 17.5 Å². The van der Waals surface area contributed by atoms with Crippen molar-refractivity contribution in [3.05, 3.63) is 42.2 Å². The predicted molar refractivity (Wildman–Crippen MR) is 82.6 cm³/mol. The minimum absolute atomic E-state index is 0.00843. The summed E-state index contributed by atoms with van der Waals surface area (Å²) < 4.78 is 12.4. The lowest BCUT2D eigenvalue weighted by molar-refractivity contribution is 0.102. The molecule has 1 aromatic carbocycles. The van der Waals surface area contributed by atoms with Gasteiger partial charge in [-0.1, -0.05) is 17.8 Å². The minimum Gasteiger partial charge on any atom is -0.454 e. The summed E-state index contributed by atoms with van der Waals surface area (Å²) in [5.41, 5.74) is 0.600. The van der Waals surface area contributed by atoms with E-state index in [2.05, 4.69) is 16.8 Å². The molecule has 0 radical (unpaired) electrons. The Balaban J connectivity index is 1.69. The quantitative estimate of drug-likeness (QED) is 0.463. The normalized spacial score (nSPS) is 12.4. The van der Waals surface area contributed by atoms with E-state index in [1.165, 1.54) is 11.8 Å². The zero-order valence-corrected chi connectivity index (χ0v) is 12.9. The number of rotatable bonds is 6. The zero-order valence-electron chi connectivity index (χ0n) is 12.1. The van der Waals surface area contributed by atoms with Crippen LogP contribution in [0.1, 0.15) is 16.2 Å². The van der Waals surface area contributed by atoms with E-state index in [0.29, 0.717) is 28.8 Å². The highest BCUT2D eigenvalue weighted by atomic mass is 32.2. The SMILES string of the molecule is C=CCn1c(C)nnc1SCC(=O)c1ccc2c(c1)OCO2. The van der Waals surface area contributed by atoms with Crippen LogP contribution in [0.5, 0.6) is 11.5 Å². The number of Topliss-reactive ketones (excluding diaryl/α,β-unsaturated/α-hetero) is 1. The summed E-state index contributed by atoms with van der Waals surface area (Å²) in [5.74, 6) is 2.38. The molecular formula is C15H15N3O3S. The molecule has 0 bridgehead atoms. The third kappa shape index (κ3) is 2.85. The average Bonchev–Trinajstić information content (AvgIpc) is 3.12.